The fraction of sp³-hybridized carbons (Fsp3) is 0.368. The smallest absolute Gasteiger partial charge is 0.0541 e. The molecular formula is C19H27ClN2O. The minimum Gasteiger partial charge on any atom is -0.393 e. The monoisotopic (exact) mass is 334 g/mol. The average Bonchev–Trinajstić information content (AvgIpc) is 2.57. The van der Waals surface area contributed by atoms with Gasteiger partial charge in [0.25, 0.3) is 0 Å². The normalized spacial score (nSPS) is 10.2. The Kier molecular flexibility index (Phi) is 9.92. The Morgan fingerprint density at radius 1 is 0.696 bits per heavy atom. The van der Waals surface area contributed by atoms with Crippen LogP contribution < -0.4 is 10.6 Å². The Bertz CT molecular complexity index is 460. The summed E-state index contributed by atoms with van der Waals surface area (Å²) in [5.41, 5.74) is 2.29. The molecule has 0 amide bonds. The summed E-state index contributed by atoms with van der Waals surface area (Å²) in [6.45, 7) is 1.81. The Morgan fingerprint density at radius 2 is 1.09 bits per heavy atom. The molecule has 0 saturated heterocycles. The summed E-state index contributed by atoms with van der Waals surface area (Å²) in [6.07, 6.45) is 3.48. The number of benzene rings is 2. The third-order valence-electron chi connectivity index (χ3n) is 3.63. The molecule has 0 fully saturated rings. The molecule has 0 aliphatic carbocycles. The van der Waals surface area contributed by atoms with Gasteiger partial charge < -0.3 is 15.7 Å². The van der Waals surface area contributed by atoms with E-state index >= 15 is 0 Å². The van der Waals surface area contributed by atoms with Gasteiger partial charge in [0.2, 0.25) is 0 Å². The first-order valence-corrected chi connectivity index (χ1v) is 8.10. The van der Waals surface area contributed by atoms with Crippen LogP contribution >= 0.6 is 12.4 Å². The molecule has 2 rings (SSSR count). The molecule has 0 bridgehead atoms. The van der Waals surface area contributed by atoms with Crippen LogP contribution in [0, 0.1) is 0 Å². The van der Waals surface area contributed by atoms with Crippen molar-refractivity contribution in [2.75, 3.05) is 23.7 Å². The highest BCUT2D eigenvalue weighted by atomic mass is 35.5. The fourth-order valence-corrected chi connectivity index (χ4v) is 2.40. The predicted molar refractivity (Wildman–Crippen MR) is 102 cm³/mol. The van der Waals surface area contributed by atoms with Gasteiger partial charge in [-0.2, -0.15) is 0 Å². The van der Waals surface area contributed by atoms with Crippen molar-refractivity contribution in [1.82, 2.24) is 0 Å². The van der Waals surface area contributed by atoms with E-state index in [2.05, 4.69) is 34.9 Å². The number of halogens is 1. The van der Waals surface area contributed by atoms with E-state index < -0.39 is 0 Å². The summed E-state index contributed by atoms with van der Waals surface area (Å²) < 4.78 is 0. The molecule has 0 aliphatic rings. The highest BCUT2D eigenvalue weighted by Crippen LogP contribution is 2.09. The number of rotatable bonds is 10. The SMILES string of the molecule is Cl.OC(CCCNc1ccccc1)CCCNc1ccccc1. The summed E-state index contributed by atoms with van der Waals surface area (Å²) in [7, 11) is 0. The molecule has 23 heavy (non-hydrogen) atoms. The highest BCUT2D eigenvalue weighted by molar-refractivity contribution is 5.85. The zero-order valence-electron chi connectivity index (χ0n) is 13.4. The maximum atomic E-state index is 9.99. The molecule has 0 atom stereocenters. The maximum Gasteiger partial charge on any atom is 0.0541 e. The summed E-state index contributed by atoms with van der Waals surface area (Å²) in [6, 6.07) is 20.4. The molecule has 2 aromatic rings. The molecular weight excluding hydrogens is 308 g/mol. The largest absolute Gasteiger partial charge is 0.393 e. The highest BCUT2D eigenvalue weighted by Gasteiger charge is 2.03. The molecule has 2 aromatic carbocycles. The number of aliphatic hydroxyl groups is 1. The van der Waals surface area contributed by atoms with Crippen molar-refractivity contribution < 1.29 is 5.11 Å². The molecule has 0 aliphatic heterocycles. The second-order valence-corrected chi connectivity index (χ2v) is 5.52. The minimum atomic E-state index is -0.199. The van der Waals surface area contributed by atoms with E-state index in [1.807, 2.05) is 36.4 Å². The third-order valence-corrected chi connectivity index (χ3v) is 3.63. The van der Waals surface area contributed by atoms with Gasteiger partial charge in [0, 0.05) is 24.5 Å². The molecule has 126 valence electrons. The van der Waals surface area contributed by atoms with Crippen molar-refractivity contribution in [3.63, 3.8) is 0 Å². The van der Waals surface area contributed by atoms with Crippen LogP contribution in [0.3, 0.4) is 0 Å². The first-order chi connectivity index (χ1) is 10.8. The van der Waals surface area contributed by atoms with E-state index in [1.165, 1.54) is 0 Å². The zero-order chi connectivity index (χ0) is 15.5. The summed E-state index contributed by atoms with van der Waals surface area (Å²) in [5, 5.41) is 16.7. The van der Waals surface area contributed by atoms with Crippen molar-refractivity contribution in [3.05, 3.63) is 60.7 Å². The summed E-state index contributed by atoms with van der Waals surface area (Å²) in [5.74, 6) is 0. The quantitative estimate of drug-likeness (QED) is 0.558. The molecule has 0 spiro atoms. The standard InChI is InChI=1S/C19H26N2O.ClH/c22-19(13-7-15-20-17-9-3-1-4-10-17)14-8-16-21-18-11-5-2-6-12-18;/h1-6,9-12,19-22H,7-8,13-16H2;1H. The number of para-hydroxylation sites is 2. The van der Waals surface area contributed by atoms with Crippen molar-refractivity contribution in [1.29, 1.82) is 0 Å². The molecule has 0 unspecified atom stereocenters. The average molecular weight is 335 g/mol. The Morgan fingerprint density at radius 3 is 1.48 bits per heavy atom. The molecule has 4 heteroatoms. The van der Waals surface area contributed by atoms with Crippen LogP contribution in [0.2, 0.25) is 0 Å². The lowest BCUT2D eigenvalue weighted by Crippen LogP contribution is -2.12. The third kappa shape index (κ3) is 8.48. The van der Waals surface area contributed by atoms with Crippen molar-refractivity contribution in [3.8, 4) is 0 Å². The lowest BCUT2D eigenvalue weighted by atomic mass is 10.1. The lowest BCUT2D eigenvalue weighted by molar-refractivity contribution is 0.151. The predicted octanol–water partition coefficient (Wildman–Crippen LogP) is 4.55. The van der Waals surface area contributed by atoms with Crippen LogP contribution in [0.1, 0.15) is 25.7 Å². The molecule has 0 saturated carbocycles. The van der Waals surface area contributed by atoms with Crippen LogP contribution in [0.15, 0.2) is 60.7 Å². The minimum absolute atomic E-state index is 0. The Balaban J connectivity index is 0.00000264. The Hall–Kier alpha value is -1.71. The second-order valence-electron chi connectivity index (χ2n) is 5.52. The van der Waals surface area contributed by atoms with Crippen LogP contribution in [-0.4, -0.2) is 24.3 Å². The van der Waals surface area contributed by atoms with Crippen LogP contribution in [0.4, 0.5) is 11.4 Å². The van der Waals surface area contributed by atoms with Gasteiger partial charge in [0.15, 0.2) is 0 Å². The van der Waals surface area contributed by atoms with E-state index in [9.17, 15) is 5.11 Å². The number of aliphatic hydroxyl groups excluding tert-OH is 1. The van der Waals surface area contributed by atoms with Gasteiger partial charge in [-0.25, -0.2) is 0 Å². The van der Waals surface area contributed by atoms with Gasteiger partial charge >= 0.3 is 0 Å². The molecule has 0 heterocycles. The topological polar surface area (TPSA) is 44.3 Å². The van der Waals surface area contributed by atoms with E-state index in [0.29, 0.717) is 0 Å². The van der Waals surface area contributed by atoms with Crippen molar-refractivity contribution in [2.24, 2.45) is 0 Å². The number of hydrogen-bond donors (Lipinski definition) is 3. The van der Waals surface area contributed by atoms with Gasteiger partial charge in [-0.1, -0.05) is 36.4 Å². The summed E-state index contributed by atoms with van der Waals surface area (Å²) in [4.78, 5) is 0. The molecule has 0 aromatic heterocycles. The van der Waals surface area contributed by atoms with Crippen LogP contribution in [-0.2, 0) is 0 Å². The number of hydrogen-bond acceptors (Lipinski definition) is 3. The van der Waals surface area contributed by atoms with Crippen molar-refractivity contribution in [2.45, 2.75) is 31.8 Å². The number of nitrogens with one attached hydrogen (secondary N) is 2. The van der Waals surface area contributed by atoms with E-state index in [4.69, 9.17) is 0 Å². The second kappa shape index (κ2) is 11.8. The van der Waals surface area contributed by atoms with E-state index in [-0.39, 0.29) is 18.5 Å². The van der Waals surface area contributed by atoms with Crippen LogP contribution in [0.25, 0.3) is 0 Å². The summed E-state index contributed by atoms with van der Waals surface area (Å²) >= 11 is 0. The van der Waals surface area contributed by atoms with Crippen LogP contribution in [0.5, 0.6) is 0 Å². The first-order valence-electron chi connectivity index (χ1n) is 8.10. The molecule has 3 N–H and O–H groups in total. The number of anilines is 2. The van der Waals surface area contributed by atoms with Gasteiger partial charge in [-0.3, -0.25) is 0 Å². The van der Waals surface area contributed by atoms with E-state index in [0.717, 1.165) is 50.1 Å². The Labute approximate surface area is 145 Å². The van der Waals surface area contributed by atoms with E-state index in [1.54, 1.807) is 0 Å². The van der Waals surface area contributed by atoms with Crippen molar-refractivity contribution >= 4 is 23.8 Å². The molecule has 0 radical (unpaired) electrons. The maximum absolute atomic E-state index is 9.99. The first kappa shape index (κ1) is 19.3. The zero-order valence-corrected chi connectivity index (χ0v) is 14.3. The van der Waals surface area contributed by atoms with Gasteiger partial charge in [-0.15, -0.1) is 12.4 Å². The van der Waals surface area contributed by atoms with Gasteiger partial charge in [0.1, 0.15) is 0 Å². The lowest BCUT2D eigenvalue weighted by Gasteiger charge is -2.12. The molecule has 3 nitrogen and oxygen atoms in total. The van der Waals surface area contributed by atoms with Gasteiger partial charge in [0.05, 0.1) is 6.10 Å². The van der Waals surface area contributed by atoms with Gasteiger partial charge in [-0.05, 0) is 49.9 Å². The fourth-order valence-electron chi connectivity index (χ4n) is 2.40.